The number of nitrogens with zero attached hydrogens (tertiary/aromatic N) is 4. The molecule has 0 radical (unpaired) electrons. The number of aromatic nitrogens is 3. The van der Waals surface area contributed by atoms with E-state index >= 15 is 0 Å². The highest BCUT2D eigenvalue weighted by molar-refractivity contribution is 5.75. The van der Waals surface area contributed by atoms with E-state index in [1.165, 1.54) is 12.1 Å². The summed E-state index contributed by atoms with van der Waals surface area (Å²) in [5.41, 5.74) is 17.0. The van der Waals surface area contributed by atoms with Crippen molar-refractivity contribution in [3.63, 3.8) is 0 Å². The topological polar surface area (TPSA) is 134 Å². The third kappa shape index (κ3) is 4.45. The number of hydrogen-bond donors (Lipinski definition) is 2. The molecule has 0 bridgehead atoms. The summed E-state index contributed by atoms with van der Waals surface area (Å²) in [5, 5.41) is 11.3. The summed E-state index contributed by atoms with van der Waals surface area (Å²) < 4.78 is 0. The Morgan fingerprint density at radius 1 is 0.677 bits per heavy atom. The maximum Gasteiger partial charge on any atom is 0.270 e. The molecule has 0 aliphatic carbocycles. The molecule has 8 heteroatoms. The number of non-ortho nitro benzene ring substituents is 1. The average Bonchev–Trinajstić information content (AvgIpc) is 2.84. The number of nitrogens with two attached hydrogens (primary N) is 2. The molecular weight excluding hydrogens is 392 g/mol. The third-order valence-electron chi connectivity index (χ3n) is 4.77. The van der Waals surface area contributed by atoms with Crippen LogP contribution in [0, 0.1) is 10.1 Å². The van der Waals surface area contributed by atoms with Gasteiger partial charge in [-0.25, -0.2) is 15.0 Å². The summed E-state index contributed by atoms with van der Waals surface area (Å²) >= 11 is 0. The van der Waals surface area contributed by atoms with Crippen LogP contribution in [-0.4, -0.2) is 19.9 Å². The zero-order valence-electron chi connectivity index (χ0n) is 16.6. The molecule has 0 aliphatic rings. The zero-order valence-corrected chi connectivity index (χ0v) is 16.6. The van der Waals surface area contributed by atoms with Gasteiger partial charge in [-0.1, -0.05) is 24.3 Å². The molecule has 0 saturated carbocycles. The molecule has 0 spiro atoms. The maximum atomic E-state index is 11.3. The molecule has 3 heterocycles. The molecule has 0 amide bonds. The molecule has 4 aromatic rings. The lowest BCUT2D eigenvalue weighted by Crippen LogP contribution is -2.02. The Balaban J connectivity index is 1.92. The van der Waals surface area contributed by atoms with E-state index in [2.05, 4.69) is 9.97 Å². The third-order valence-corrected chi connectivity index (χ3v) is 4.77. The van der Waals surface area contributed by atoms with Gasteiger partial charge in [-0.15, -0.1) is 0 Å². The Bertz CT molecular complexity index is 1190. The summed E-state index contributed by atoms with van der Waals surface area (Å²) in [4.78, 5) is 24.8. The van der Waals surface area contributed by atoms with Crippen molar-refractivity contribution in [2.45, 2.75) is 13.1 Å². The zero-order chi connectivity index (χ0) is 21.8. The smallest absolute Gasteiger partial charge is 0.270 e. The van der Waals surface area contributed by atoms with Crippen LogP contribution in [0.4, 0.5) is 5.69 Å². The summed E-state index contributed by atoms with van der Waals surface area (Å²) in [7, 11) is 0. The van der Waals surface area contributed by atoms with Gasteiger partial charge in [0.2, 0.25) is 0 Å². The minimum atomic E-state index is -0.412. The number of hydrogen-bond acceptors (Lipinski definition) is 7. The minimum Gasteiger partial charge on any atom is -0.325 e. The van der Waals surface area contributed by atoms with Gasteiger partial charge in [-0.2, -0.15) is 0 Å². The molecule has 0 atom stereocenters. The van der Waals surface area contributed by atoms with E-state index < -0.39 is 4.92 Å². The van der Waals surface area contributed by atoms with Crippen molar-refractivity contribution in [3.8, 4) is 33.9 Å². The van der Waals surface area contributed by atoms with Crippen molar-refractivity contribution in [3.05, 3.63) is 94.3 Å². The van der Waals surface area contributed by atoms with Gasteiger partial charge >= 0.3 is 0 Å². The first-order valence-corrected chi connectivity index (χ1v) is 9.67. The van der Waals surface area contributed by atoms with E-state index in [1.54, 1.807) is 6.07 Å². The van der Waals surface area contributed by atoms with Crippen LogP contribution in [0.25, 0.3) is 33.9 Å². The van der Waals surface area contributed by atoms with Crippen molar-refractivity contribution in [2.75, 3.05) is 0 Å². The van der Waals surface area contributed by atoms with Crippen LogP contribution in [0.5, 0.6) is 0 Å². The molecule has 0 unspecified atom stereocenters. The van der Waals surface area contributed by atoms with E-state index in [0.717, 1.165) is 17.0 Å². The highest BCUT2D eigenvalue weighted by Crippen LogP contribution is 2.30. The van der Waals surface area contributed by atoms with Crippen LogP contribution in [0.1, 0.15) is 11.4 Å². The lowest BCUT2D eigenvalue weighted by Gasteiger charge is -2.10. The van der Waals surface area contributed by atoms with Crippen LogP contribution in [0.2, 0.25) is 0 Å². The highest BCUT2D eigenvalue weighted by atomic mass is 16.6. The van der Waals surface area contributed by atoms with Gasteiger partial charge in [0.15, 0.2) is 0 Å². The molecule has 1 aromatic carbocycles. The van der Waals surface area contributed by atoms with Crippen molar-refractivity contribution in [1.82, 2.24) is 15.0 Å². The standard InChI is InChI=1S/C23H20N6O2/c24-13-17-5-2-8-20(26-17)22-11-16(15-4-1-7-19(10-15)29(30)31)12-23(28-22)21-9-3-6-18(14-25)27-21/h1-12H,13-14,24-25H2. The van der Waals surface area contributed by atoms with E-state index in [0.29, 0.717) is 41.4 Å². The predicted molar refractivity (Wildman–Crippen MR) is 119 cm³/mol. The first-order chi connectivity index (χ1) is 15.1. The Hall–Kier alpha value is -4.01. The second-order valence-corrected chi connectivity index (χ2v) is 6.87. The maximum absolute atomic E-state index is 11.3. The molecule has 0 aliphatic heterocycles. The predicted octanol–water partition coefficient (Wildman–Crippen LogP) is 3.70. The molecule has 3 aromatic heterocycles. The van der Waals surface area contributed by atoms with E-state index in [-0.39, 0.29) is 5.69 Å². The molecule has 154 valence electrons. The normalized spacial score (nSPS) is 10.8. The van der Waals surface area contributed by atoms with Gasteiger partial charge in [0.1, 0.15) is 0 Å². The van der Waals surface area contributed by atoms with Gasteiger partial charge in [0.05, 0.1) is 39.1 Å². The molecule has 4 N–H and O–H groups in total. The molecular formula is C23H20N6O2. The van der Waals surface area contributed by atoms with Crippen LogP contribution in [0.3, 0.4) is 0 Å². The fraction of sp³-hybridized carbons (Fsp3) is 0.0870. The monoisotopic (exact) mass is 412 g/mol. The second kappa shape index (κ2) is 8.78. The summed E-state index contributed by atoms with van der Waals surface area (Å²) in [6, 6.07) is 21.4. The van der Waals surface area contributed by atoms with Crippen molar-refractivity contribution >= 4 is 5.69 Å². The van der Waals surface area contributed by atoms with Gasteiger partial charge in [0.25, 0.3) is 5.69 Å². The van der Waals surface area contributed by atoms with Gasteiger partial charge in [-0.05, 0) is 47.5 Å². The van der Waals surface area contributed by atoms with Crippen LogP contribution in [-0.2, 0) is 13.1 Å². The lowest BCUT2D eigenvalue weighted by atomic mass is 10.0. The Morgan fingerprint density at radius 2 is 1.23 bits per heavy atom. The van der Waals surface area contributed by atoms with Crippen molar-refractivity contribution < 1.29 is 4.92 Å². The average molecular weight is 412 g/mol. The molecule has 0 saturated heterocycles. The van der Waals surface area contributed by atoms with E-state index in [1.807, 2.05) is 54.6 Å². The largest absolute Gasteiger partial charge is 0.325 e. The first kappa shape index (κ1) is 20.3. The minimum absolute atomic E-state index is 0.0175. The highest BCUT2D eigenvalue weighted by Gasteiger charge is 2.13. The van der Waals surface area contributed by atoms with E-state index in [9.17, 15) is 10.1 Å². The summed E-state index contributed by atoms with van der Waals surface area (Å²) in [6.07, 6.45) is 0. The molecule has 4 rings (SSSR count). The molecule has 8 nitrogen and oxygen atoms in total. The Morgan fingerprint density at radius 3 is 1.74 bits per heavy atom. The number of rotatable bonds is 6. The number of nitro benzene ring substituents is 1. The van der Waals surface area contributed by atoms with Crippen molar-refractivity contribution in [2.24, 2.45) is 11.5 Å². The quantitative estimate of drug-likeness (QED) is 0.364. The number of nitro groups is 1. The second-order valence-electron chi connectivity index (χ2n) is 6.87. The van der Waals surface area contributed by atoms with Crippen LogP contribution >= 0.6 is 0 Å². The van der Waals surface area contributed by atoms with E-state index in [4.69, 9.17) is 16.5 Å². The Kier molecular flexibility index (Phi) is 5.74. The summed E-state index contributed by atoms with van der Waals surface area (Å²) in [6.45, 7) is 0.622. The van der Waals surface area contributed by atoms with Gasteiger partial charge < -0.3 is 11.5 Å². The lowest BCUT2D eigenvalue weighted by molar-refractivity contribution is -0.384. The molecule has 0 fully saturated rings. The van der Waals surface area contributed by atoms with Crippen LogP contribution < -0.4 is 11.5 Å². The summed E-state index contributed by atoms with van der Waals surface area (Å²) in [5.74, 6) is 0. The van der Waals surface area contributed by atoms with Crippen LogP contribution in [0.15, 0.2) is 72.8 Å². The first-order valence-electron chi connectivity index (χ1n) is 9.67. The number of pyridine rings is 3. The van der Waals surface area contributed by atoms with Crippen molar-refractivity contribution in [1.29, 1.82) is 0 Å². The fourth-order valence-electron chi connectivity index (χ4n) is 3.23. The molecule has 31 heavy (non-hydrogen) atoms. The van der Waals surface area contributed by atoms with Gasteiger partial charge in [-0.3, -0.25) is 10.1 Å². The fourth-order valence-corrected chi connectivity index (χ4v) is 3.23. The Labute approximate surface area is 178 Å². The SMILES string of the molecule is NCc1cccc(-c2cc(-c3cccc([N+](=O)[O-])c3)cc(-c3cccc(CN)n3)n2)n1. The van der Waals surface area contributed by atoms with Gasteiger partial charge in [0, 0.05) is 25.2 Å². The number of benzene rings is 1.